The molecule has 0 aliphatic carbocycles. The van der Waals surface area contributed by atoms with Gasteiger partial charge in [0.2, 0.25) is 0 Å². The first-order chi connectivity index (χ1) is 6.79. The maximum Gasteiger partial charge on any atom is 0.0886 e. The molecule has 0 heterocycles. The summed E-state index contributed by atoms with van der Waals surface area (Å²) in [7, 11) is 0. The molecule has 0 unspecified atom stereocenters. The molecule has 0 radical (unpaired) electrons. The molecule has 76 valence electrons. The Morgan fingerprint density at radius 1 is 1.36 bits per heavy atom. The monoisotopic (exact) mass is 208 g/mol. The first kappa shape index (κ1) is 11.0. The van der Waals surface area contributed by atoms with Gasteiger partial charge in [-0.1, -0.05) is 36.9 Å². The van der Waals surface area contributed by atoms with Gasteiger partial charge in [-0.2, -0.15) is 11.8 Å². The van der Waals surface area contributed by atoms with Crippen LogP contribution in [0.4, 0.5) is 0 Å². The molecule has 0 aromatic heterocycles. The molecular formula is C11H16N2S. The zero-order valence-corrected chi connectivity index (χ0v) is 9.02. The third-order valence-electron chi connectivity index (χ3n) is 1.71. The van der Waals surface area contributed by atoms with Crippen LogP contribution in [0.15, 0.2) is 42.7 Å². The van der Waals surface area contributed by atoms with Crippen LogP contribution >= 0.6 is 11.8 Å². The molecule has 0 aliphatic rings. The molecule has 0 saturated carbocycles. The van der Waals surface area contributed by atoms with Gasteiger partial charge in [0, 0.05) is 18.1 Å². The van der Waals surface area contributed by atoms with Crippen LogP contribution < -0.4 is 11.1 Å². The fourth-order valence-corrected chi connectivity index (χ4v) is 1.87. The summed E-state index contributed by atoms with van der Waals surface area (Å²) < 4.78 is 0. The van der Waals surface area contributed by atoms with Crippen molar-refractivity contribution in [2.24, 2.45) is 5.73 Å². The molecule has 0 fully saturated rings. The number of rotatable bonds is 6. The predicted molar refractivity (Wildman–Crippen MR) is 63.9 cm³/mol. The molecule has 14 heavy (non-hydrogen) atoms. The smallest absolute Gasteiger partial charge is 0.0886 e. The number of nitrogens with two attached hydrogens (primary N) is 1. The molecule has 0 aliphatic heterocycles. The maximum atomic E-state index is 5.37. The summed E-state index contributed by atoms with van der Waals surface area (Å²) in [6, 6.07) is 10.4. The molecule has 3 heteroatoms. The Bertz CT molecular complexity index is 272. The van der Waals surface area contributed by atoms with Crippen LogP contribution in [0.3, 0.4) is 0 Å². The van der Waals surface area contributed by atoms with Gasteiger partial charge >= 0.3 is 0 Å². The van der Waals surface area contributed by atoms with Crippen LogP contribution in [0, 0.1) is 0 Å². The second-order valence-electron chi connectivity index (χ2n) is 2.99. The van der Waals surface area contributed by atoms with Gasteiger partial charge < -0.3 is 11.1 Å². The number of hydrogen-bond acceptors (Lipinski definition) is 3. The summed E-state index contributed by atoms with van der Waals surface area (Å²) in [6.45, 7) is 4.45. The van der Waals surface area contributed by atoms with E-state index >= 15 is 0 Å². The third-order valence-corrected chi connectivity index (χ3v) is 2.74. The van der Waals surface area contributed by atoms with Crippen LogP contribution in [0.1, 0.15) is 5.56 Å². The van der Waals surface area contributed by atoms with E-state index in [1.165, 1.54) is 5.56 Å². The lowest BCUT2D eigenvalue weighted by molar-refractivity contribution is 0.852. The Kier molecular flexibility index (Phi) is 5.00. The number of hydrogen-bond donors (Lipinski definition) is 2. The van der Waals surface area contributed by atoms with E-state index in [9.17, 15) is 0 Å². The standard InChI is InChI=1S/C11H16N2S/c1-10(12)13-7-8-14-9-11-5-3-2-4-6-11/h2-6,13H,1,7-9,12H2. The van der Waals surface area contributed by atoms with Gasteiger partial charge in [0.25, 0.3) is 0 Å². The summed E-state index contributed by atoms with van der Waals surface area (Å²) in [5.41, 5.74) is 6.74. The highest BCUT2D eigenvalue weighted by molar-refractivity contribution is 7.98. The summed E-state index contributed by atoms with van der Waals surface area (Å²) in [5, 5.41) is 2.99. The molecule has 1 aromatic carbocycles. The Balaban J connectivity index is 2.08. The van der Waals surface area contributed by atoms with Gasteiger partial charge in [0.1, 0.15) is 0 Å². The maximum absolute atomic E-state index is 5.37. The van der Waals surface area contributed by atoms with E-state index in [0.717, 1.165) is 18.1 Å². The van der Waals surface area contributed by atoms with Gasteiger partial charge in [-0.25, -0.2) is 0 Å². The Morgan fingerprint density at radius 2 is 2.07 bits per heavy atom. The normalized spacial score (nSPS) is 9.71. The highest BCUT2D eigenvalue weighted by atomic mass is 32.2. The van der Waals surface area contributed by atoms with E-state index in [1.807, 2.05) is 17.8 Å². The van der Waals surface area contributed by atoms with E-state index < -0.39 is 0 Å². The van der Waals surface area contributed by atoms with Gasteiger partial charge in [-0.3, -0.25) is 0 Å². The first-order valence-corrected chi connectivity index (χ1v) is 5.74. The van der Waals surface area contributed by atoms with Crippen molar-refractivity contribution < 1.29 is 0 Å². The minimum absolute atomic E-state index is 0.547. The summed E-state index contributed by atoms with van der Waals surface area (Å²) in [4.78, 5) is 0. The zero-order valence-electron chi connectivity index (χ0n) is 8.20. The van der Waals surface area contributed by atoms with Gasteiger partial charge in [-0.15, -0.1) is 0 Å². The van der Waals surface area contributed by atoms with Crippen LogP contribution in [0.25, 0.3) is 0 Å². The minimum Gasteiger partial charge on any atom is -0.386 e. The average molecular weight is 208 g/mol. The topological polar surface area (TPSA) is 38.0 Å². The summed E-state index contributed by atoms with van der Waals surface area (Å²) >= 11 is 1.89. The lowest BCUT2D eigenvalue weighted by atomic mass is 10.2. The molecule has 0 bridgehead atoms. The quantitative estimate of drug-likeness (QED) is 0.702. The van der Waals surface area contributed by atoms with Crippen molar-refractivity contribution in [2.75, 3.05) is 12.3 Å². The van der Waals surface area contributed by atoms with Crippen molar-refractivity contribution in [3.63, 3.8) is 0 Å². The minimum atomic E-state index is 0.547. The molecule has 1 rings (SSSR count). The van der Waals surface area contributed by atoms with Crippen molar-refractivity contribution in [2.45, 2.75) is 5.75 Å². The van der Waals surface area contributed by atoms with Gasteiger partial charge in [0.05, 0.1) is 5.82 Å². The Hall–Kier alpha value is -1.09. The third kappa shape index (κ3) is 4.82. The highest BCUT2D eigenvalue weighted by Crippen LogP contribution is 2.10. The summed E-state index contributed by atoms with van der Waals surface area (Å²) in [5.74, 6) is 2.65. The van der Waals surface area contributed by atoms with E-state index in [-0.39, 0.29) is 0 Å². The molecule has 0 saturated heterocycles. The number of benzene rings is 1. The Labute approximate surface area is 89.6 Å². The second kappa shape index (κ2) is 6.38. The van der Waals surface area contributed by atoms with Crippen LogP contribution in [0.5, 0.6) is 0 Å². The van der Waals surface area contributed by atoms with E-state index in [4.69, 9.17) is 5.73 Å². The number of nitrogens with one attached hydrogen (secondary N) is 1. The molecular weight excluding hydrogens is 192 g/mol. The molecule has 0 spiro atoms. The molecule has 1 aromatic rings. The van der Waals surface area contributed by atoms with Crippen molar-refractivity contribution in [1.29, 1.82) is 0 Å². The largest absolute Gasteiger partial charge is 0.386 e. The first-order valence-electron chi connectivity index (χ1n) is 4.59. The van der Waals surface area contributed by atoms with Crippen LogP contribution in [0.2, 0.25) is 0 Å². The van der Waals surface area contributed by atoms with Crippen molar-refractivity contribution in [3.05, 3.63) is 48.3 Å². The average Bonchev–Trinajstić information content (AvgIpc) is 2.18. The highest BCUT2D eigenvalue weighted by Gasteiger charge is 1.91. The van der Waals surface area contributed by atoms with Crippen molar-refractivity contribution in [1.82, 2.24) is 5.32 Å². The second-order valence-corrected chi connectivity index (χ2v) is 4.10. The van der Waals surface area contributed by atoms with E-state index in [0.29, 0.717) is 5.82 Å². The zero-order chi connectivity index (χ0) is 10.2. The molecule has 0 amide bonds. The Morgan fingerprint density at radius 3 is 2.71 bits per heavy atom. The van der Waals surface area contributed by atoms with Crippen LogP contribution in [-0.2, 0) is 5.75 Å². The van der Waals surface area contributed by atoms with E-state index in [1.54, 1.807) is 0 Å². The fraction of sp³-hybridized carbons (Fsp3) is 0.273. The fourth-order valence-electron chi connectivity index (χ4n) is 1.05. The molecule has 3 N–H and O–H groups in total. The molecule has 0 atom stereocenters. The van der Waals surface area contributed by atoms with Crippen molar-refractivity contribution >= 4 is 11.8 Å². The van der Waals surface area contributed by atoms with Crippen molar-refractivity contribution in [3.8, 4) is 0 Å². The van der Waals surface area contributed by atoms with Gasteiger partial charge in [0.15, 0.2) is 0 Å². The molecule has 2 nitrogen and oxygen atoms in total. The number of thioether (sulfide) groups is 1. The van der Waals surface area contributed by atoms with Crippen LogP contribution in [-0.4, -0.2) is 12.3 Å². The van der Waals surface area contributed by atoms with E-state index in [2.05, 4.69) is 36.2 Å². The SMILES string of the molecule is C=C(N)NCCSCc1ccccc1. The predicted octanol–water partition coefficient (Wildman–Crippen LogP) is 1.94. The van der Waals surface area contributed by atoms with Gasteiger partial charge in [-0.05, 0) is 5.56 Å². The summed E-state index contributed by atoms with van der Waals surface area (Å²) in [6.07, 6.45) is 0. The lowest BCUT2D eigenvalue weighted by Crippen LogP contribution is -2.21. The lowest BCUT2D eigenvalue weighted by Gasteiger charge is -2.04.